The minimum Gasteiger partial charge on any atom is -0.493 e. The van der Waals surface area contributed by atoms with Crippen LogP contribution in [-0.4, -0.2) is 33.3 Å². The van der Waals surface area contributed by atoms with E-state index in [1.807, 2.05) is 42.5 Å². The Labute approximate surface area is 171 Å². The summed E-state index contributed by atoms with van der Waals surface area (Å²) in [4.78, 5) is 12.5. The number of hydrogen-bond donors (Lipinski definition) is 1. The van der Waals surface area contributed by atoms with Gasteiger partial charge in [-0.3, -0.25) is 4.79 Å². The monoisotopic (exact) mass is 477 g/mol. The van der Waals surface area contributed by atoms with Gasteiger partial charge in [0.05, 0.1) is 26.3 Å². The maximum absolute atomic E-state index is 12.5. The molecule has 0 unspecified atom stereocenters. The standard InChI is InChI=1S/C21H20INO4/c1-25-19-12-16(17(22)13-20(19)26-2)21(24)23-10-11-27-18-9-5-7-14-6-3-4-8-15(14)18/h3-9,12-13H,10-11H2,1-2H3,(H,23,24). The van der Waals surface area contributed by atoms with Crippen molar-refractivity contribution in [2.75, 3.05) is 27.4 Å². The summed E-state index contributed by atoms with van der Waals surface area (Å²) in [6.07, 6.45) is 0. The molecule has 0 radical (unpaired) electrons. The van der Waals surface area contributed by atoms with Crippen LogP contribution in [0.4, 0.5) is 0 Å². The van der Waals surface area contributed by atoms with Gasteiger partial charge in [0, 0.05) is 8.96 Å². The lowest BCUT2D eigenvalue weighted by atomic mass is 10.1. The van der Waals surface area contributed by atoms with E-state index in [0.29, 0.717) is 30.2 Å². The van der Waals surface area contributed by atoms with Gasteiger partial charge in [-0.05, 0) is 46.2 Å². The molecular weight excluding hydrogens is 457 g/mol. The van der Waals surface area contributed by atoms with Gasteiger partial charge in [0.1, 0.15) is 12.4 Å². The van der Waals surface area contributed by atoms with Gasteiger partial charge in [0.2, 0.25) is 0 Å². The molecule has 1 N–H and O–H groups in total. The molecule has 0 aromatic heterocycles. The molecule has 0 aliphatic carbocycles. The number of carbonyl (C=O) groups is 1. The Morgan fingerprint density at radius 2 is 1.67 bits per heavy atom. The average molecular weight is 477 g/mol. The van der Waals surface area contributed by atoms with E-state index in [1.165, 1.54) is 0 Å². The van der Waals surface area contributed by atoms with Crippen molar-refractivity contribution >= 4 is 39.3 Å². The summed E-state index contributed by atoms with van der Waals surface area (Å²) in [7, 11) is 3.11. The summed E-state index contributed by atoms with van der Waals surface area (Å²) in [5.74, 6) is 1.75. The van der Waals surface area contributed by atoms with E-state index in [1.54, 1.807) is 26.4 Å². The molecule has 0 aliphatic rings. The normalized spacial score (nSPS) is 10.5. The van der Waals surface area contributed by atoms with Gasteiger partial charge in [0.15, 0.2) is 11.5 Å². The van der Waals surface area contributed by atoms with E-state index >= 15 is 0 Å². The van der Waals surface area contributed by atoms with Crippen LogP contribution in [0.3, 0.4) is 0 Å². The molecule has 6 heteroatoms. The lowest BCUT2D eigenvalue weighted by Crippen LogP contribution is -2.28. The maximum Gasteiger partial charge on any atom is 0.252 e. The fourth-order valence-electron chi connectivity index (χ4n) is 2.77. The van der Waals surface area contributed by atoms with Crippen LogP contribution in [0, 0.1) is 3.57 Å². The highest BCUT2D eigenvalue weighted by Gasteiger charge is 2.15. The molecule has 0 atom stereocenters. The number of halogens is 1. The summed E-state index contributed by atoms with van der Waals surface area (Å²) >= 11 is 2.11. The zero-order valence-corrected chi connectivity index (χ0v) is 17.3. The summed E-state index contributed by atoms with van der Waals surface area (Å²) in [6, 6.07) is 17.4. The summed E-state index contributed by atoms with van der Waals surface area (Å²) in [6.45, 7) is 0.774. The van der Waals surface area contributed by atoms with Gasteiger partial charge in [-0.2, -0.15) is 0 Å². The predicted molar refractivity (Wildman–Crippen MR) is 114 cm³/mol. The number of fused-ring (bicyclic) bond motifs is 1. The molecule has 27 heavy (non-hydrogen) atoms. The highest BCUT2D eigenvalue weighted by atomic mass is 127. The second-order valence-electron chi connectivity index (χ2n) is 5.77. The van der Waals surface area contributed by atoms with Crippen LogP contribution in [-0.2, 0) is 0 Å². The Kier molecular flexibility index (Phi) is 6.39. The average Bonchev–Trinajstić information content (AvgIpc) is 2.70. The van der Waals surface area contributed by atoms with Crippen molar-refractivity contribution in [3.05, 3.63) is 63.7 Å². The summed E-state index contributed by atoms with van der Waals surface area (Å²) < 4.78 is 17.2. The maximum atomic E-state index is 12.5. The first-order valence-electron chi connectivity index (χ1n) is 8.44. The topological polar surface area (TPSA) is 56.8 Å². The molecule has 0 saturated heterocycles. The number of methoxy groups -OCH3 is 2. The van der Waals surface area contributed by atoms with Gasteiger partial charge < -0.3 is 19.5 Å². The molecule has 0 aliphatic heterocycles. The van der Waals surface area contributed by atoms with Crippen LogP contribution in [0.5, 0.6) is 17.2 Å². The number of hydrogen-bond acceptors (Lipinski definition) is 4. The number of amides is 1. The molecule has 3 aromatic rings. The first-order valence-corrected chi connectivity index (χ1v) is 9.52. The Balaban J connectivity index is 1.61. The van der Waals surface area contributed by atoms with Gasteiger partial charge in [-0.25, -0.2) is 0 Å². The largest absolute Gasteiger partial charge is 0.493 e. The first-order chi connectivity index (χ1) is 13.1. The SMILES string of the molecule is COc1cc(I)c(C(=O)NCCOc2cccc3ccccc23)cc1OC. The molecule has 5 nitrogen and oxygen atoms in total. The van der Waals surface area contributed by atoms with Crippen LogP contribution in [0.2, 0.25) is 0 Å². The second-order valence-corrected chi connectivity index (χ2v) is 6.93. The number of carbonyl (C=O) groups excluding carboxylic acids is 1. The second kappa shape index (κ2) is 8.94. The smallest absolute Gasteiger partial charge is 0.252 e. The molecule has 1 amide bonds. The molecule has 0 spiro atoms. The van der Waals surface area contributed by atoms with E-state index in [2.05, 4.69) is 27.9 Å². The number of benzene rings is 3. The number of nitrogens with one attached hydrogen (secondary N) is 1. The third-order valence-electron chi connectivity index (χ3n) is 4.11. The molecular formula is C21H20INO4. The molecule has 0 heterocycles. The molecule has 140 valence electrons. The number of rotatable bonds is 7. The van der Waals surface area contributed by atoms with E-state index in [-0.39, 0.29) is 5.91 Å². The van der Waals surface area contributed by atoms with E-state index < -0.39 is 0 Å². The Morgan fingerprint density at radius 1 is 0.963 bits per heavy atom. The van der Waals surface area contributed by atoms with E-state index in [4.69, 9.17) is 14.2 Å². The first kappa shape index (κ1) is 19.3. The van der Waals surface area contributed by atoms with Crippen molar-refractivity contribution < 1.29 is 19.0 Å². The van der Waals surface area contributed by atoms with Gasteiger partial charge in [0.25, 0.3) is 5.91 Å². The Bertz CT molecular complexity index is 953. The minimum absolute atomic E-state index is 0.179. The Morgan fingerprint density at radius 3 is 2.44 bits per heavy atom. The van der Waals surface area contributed by atoms with Gasteiger partial charge in [-0.15, -0.1) is 0 Å². The third kappa shape index (κ3) is 4.44. The van der Waals surface area contributed by atoms with Crippen molar-refractivity contribution in [3.8, 4) is 17.2 Å². The highest BCUT2D eigenvalue weighted by molar-refractivity contribution is 14.1. The predicted octanol–water partition coefficient (Wildman–Crippen LogP) is 4.27. The van der Waals surface area contributed by atoms with E-state index in [9.17, 15) is 4.79 Å². The number of ether oxygens (including phenoxy) is 3. The fraction of sp³-hybridized carbons (Fsp3) is 0.190. The Hall–Kier alpha value is -2.48. The van der Waals surface area contributed by atoms with Crippen LogP contribution in [0.15, 0.2) is 54.6 Å². The van der Waals surface area contributed by atoms with Crippen LogP contribution >= 0.6 is 22.6 Å². The quantitative estimate of drug-likeness (QED) is 0.408. The van der Waals surface area contributed by atoms with Crippen LogP contribution in [0.1, 0.15) is 10.4 Å². The summed E-state index contributed by atoms with van der Waals surface area (Å²) in [5.41, 5.74) is 0.540. The van der Waals surface area contributed by atoms with Crippen molar-refractivity contribution in [1.29, 1.82) is 0 Å². The molecule has 0 fully saturated rings. The van der Waals surface area contributed by atoms with Crippen LogP contribution in [0.25, 0.3) is 10.8 Å². The minimum atomic E-state index is -0.179. The highest BCUT2D eigenvalue weighted by Crippen LogP contribution is 2.31. The zero-order valence-electron chi connectivity index (χ0n) is 15.1. The van der Waals surface area contributed by atoms with Crippen molar-refractivity contribution in [3.63, 3.8) is 0 Å². The van der Waals surface area contributed by atoms with Gasteiger partial charge >= 0.3 is 0 Å². The summed E-state index contributed by atoms with van der Waals surface area (Å²) in [5, 5.41) is 5.06. The lowest BCUT2D eigenvalue weighted by molar-refractivity contribution is 0.0946. The van der Waals surface area contributed by atoms with Crippen molar-refractivity contribution in [1.82, 2.24) is 5.32 Å². The molecule has 3 rings (SSSR count). The van der Waals surface area contributed by atoms with Crippen LogP contribution < -0.4 is 19.5 Å². The van der Waals surface area contributed by atoms with Crippen molar-refractivity contribution in [2.45, 2.75) is 0 Å². The third-order valence-corrected chi connectivity index (χ3v) is 5.01. The fourth-order valence-corrected chi connectivity index (χ4v) is 3.45. The van der Waals surface area contributed by atoms with E-state index in [0.717, 1.165) is 20.1 Å². The zero-order chi connectivity index (χ0) is 19.2. The molecule has 0 saturated carbocycles. The lowest BCUT2D eigenvalue weighted by Gasteiger charge is -2.13. The van der Waals surface area contributed by atoms with Gasteiger partial charge in [-0.1, -0.05) is 36.4 Å². The van der Waals surface area contributed by atoms with Crippen molar-refractivity contribution in [2.24, 2.45) is 0 Å². The molecule has 0 bridgehead atoms. The molecule has 3 aromatic carbocycles.